The van der Waals surface area contributed by atoms with Crippen LogP contribution >= 0.6 is 0 Å². The predicted molar refractivity (Wildman–Crippen MR) is 131 cm³/mol. The fraction of sp³-hybridized carbons (Fsp3) is 0.370. The number of phenols is 1. The van der Waals surface area contributed by atoms with Gasteiger partial charge < -0.3 is 31.9 Å². The number of aliphatic hydroxyl groups is 3. The summed E-state index contributed by atoms with van der Waals surface area (Å²) < 4.78 is 0. The summed E-state index contributed by atoms with van der Waals surface area (Å²) >= 11 is 0. The number of carbonyl (C=O) groups is 3. The van der Waals surface area contributed by atoms with E-state index in [1.807, 2.05) is 18.2 Å². The van der Waals surface area contributed by atoms with E-state index < -0.39 is 63.7 Å². The van der Waals surface area contributed by atoms with Crippen LogP contribution in [0.2, 0.25) is 0 Å². The van der Waals surface area contributed by atoms with E-state index in [1.54, 1.807) is 19.9 Å². The van der Waals surface area contributed by atoms with E-state index >= 15 is 0 Å². The first-order chi connectivity index (χ1) is 16.9. The summed E-state index contributed by atoms with van der Waals surface area (Å²) in [6, 6.07) is 1.63. The molecule has 0 unspecified atom stereocenters. The van der Waals surface area contributed by atoms with Gasteiger partial charge in [-0.3, -0.25) is 14.4 Å². The van der Waals surface area contributed by atoms with Crippen molar-refractivity contribution in [3.8, 4) is 5.75 Å². The second kappa shape index (κ2) is 7.83. The van der Waals surface area contributed by atoms with Crippen LogP contribution in [0.15, 0.2) is 41.2 Å². The number of carbonyl (C=O) groups excluding carboxylic acids is 3. The number of aliphatic hydroxyl groups excluding tert-OH is 2. The molecule has 0 heterocycles. The zero-order valence-electron chi connectivity index (χ0n) is 19.9. The van der Waals surface area contributed by atoms with Crippen LogP contribution in [0.25, 0.3) is 11.3 Å². The van der Waals surface area contributed by atoms with Crippen LogP contribution < -0.4 is 11.5 Å². The van der Waals surface area contributed by atoms with Crippen molar-refractivity contribution < 1.29 is 34.8 Å². The second-order valence-corrected chi connectivity index (χ2v) is 10.3. The molecule has 0 aliphatic heterocycles. The third kappa shape index (κ3) is 2.95. The number of hydrogen-bond acceptors (Lipinski definition) is 8. The molecule has 0 radical (unpaired) electrons. The number of benzene rings is 1. The minimum Gasteiger partial charge on any atom is -0.508 e. The molecule has 36 heavy (non-hydrogen) atoms. The fourth-order valence-electron chi connectivity index (χ4n) is 6.49. The summed E-state index contributed by atoms with van der Waals surface area (Å²) in [5, 5.41) is 44.7. The Balaban J connectivity index is 1.76. The number of Topliss-reactive ketones (excluding diaryl/α,β-unsaturated/α-hetero) is 2. The van der Waals surface area contributed by atoms with E-state index in [2.05, 4.69) is 0 Å². The summed E-state index contributed by atoms with van der Waals surface area (Å²) in [6.07, 6.45) is 6.89. The van der Waals surface area contributed by atoms with Gasteiger partial charge in [0.1, 0.15) is 22.8 Å². The largest absolute Gasteiger partial charge is 0.508 e. The van der Waals surface area contributed by atoms with Crippen LogP contribution in [0.3, 0.4) is 0 Å². The zero-order chi connectivity index (χ0) is 26.3. The third-order valence-electron chi connectivity index (χ3n) is 8.08. The number of amides is 1. The van der Waals surface area contributed by atoms with Gasteiger partial charge in [0.25, 0.3) is 5.91 Å². The number of ketones is 2. The lowest BCUT2D eigenvalue weighted by molar-refractivity contribution is -0.155. The van der Waals surface area contributed by atoms with Crippen molar-refractivity contribution in [2.24, 2.45) is 29.4 Å². The molecule has 4 atom stereocenters. The molecule has 9 heteroatoms. The molecule has 9 nitrogen and oxygen atoms in total. The Kier molecular flexibility index (Phi) is 5.19. The van der Waals surface area contributed by atoms with Crippen LogP contribution in [0.4, 0.5) is 5.69 Å². The van der Waals surface area contributed by atoms with Crippen LogP contribution in [0, 0.1) is 23.7 Å². The maximum absolute atomic E-state index is 13.9. The normalized spacial score (nSPS) is 29.3. The maximum Gasteiger partial charge on any atom is 0.255 e. The molecule has 1 amide bonds. The molecule has 188 valence electrons. The molecule has 0 aromatic heterocycles. The Morgan fingerprint density at radius 3 is 2.47 bits per heavy atom. The third-order valence-corrected chi connectivity index (χ3v) is 8.08. The maximum atomic E-state index is 13.9. The van der Waals surface area contributed by atoms with Crippen molar-refractivity contribution in [1.82, 2.24) is 0 Å². The number of primary amides is 1. The second-order valence-electron chi connectivity index (χ2n) is 10.3. The number of nitrogens with two attached hydrogens (primary N) is 2. The van der Waals surface area contributed by atoms with Gasteiger partial charge in [0, 0.05) is 17.4 Å². The summed E-state index contributed by atoms with van der Waals surface area (Å²) in [5.41, 5.74) is 9.98. The van der Waals surface area contributed by atoms with Crippen molar-refractivity contribution in [1.29, 1.82) is 0 Å². The lowest BCUT2D eigenvalue weighted by Gasteiger charge is -2.50. The molecule has 0 spiro atoms. The standard InChI is InChI=1S/C27H28N2O7/c1-10(2)17-15-8-12-7-14-13(11-5-3-4-6-11)9-16(28)21(30)19(14)23(32)18(12)24(33)27(15,36)25(34)20(22(17)31)26(29)35/h3,5-6,9-10,12,15,17,30,32,34,36H,4,7-8,28H2,1-2H3,(H2,29,35)/t12-,15-,17-,27-/m0/s1. The highest BCUT2D eigenvalue weighted by molar-refractivity contribution is 6.23. The van der Waals surface area contributed by atoms with E-state index in [4.69, 9.17) is 11.5 Å². The molecular weight excluding hydrogens is 464 g/mol. The first-order valence-electron chi connectivity index (χ1n) is 11.9. The molecule has 4 aliphatic carbocycles. The molecular formula is C27H28N2O7. The van der Waals surface area contributed by atoms with Gasteiger partial charge in [-0.2, -0.15) is 0 Å². The number of allylic oxidation sites excluding steroid dienone is 4. The van der Waals surface area contributed by atoms with Gasteiger partial charge in [-0.25, -0.2) is 0 Å². The Labute approximate surface area is 207 Å². The highest BCUT2D eigenvalue weighted by Gasteiger charge is 2.64. The Morgan fingerprint density at radius 1 is 1.19 bits per heavy atom. The van der Waals surface area contributed by atoms with Crippen LogP contribution in [-0.4, -0.2) is 43.5 Å². The lowest BCUT2D eigenvalue weighted by Crippen LogP contribution is -2.62. The molecule has 1 saturated carbocycles. The Bertz CT molecular complexity index is 1380. The Morgan fingerprint density at radius 2 is 1.89 bits per heavy atom. The molecule has 1 fully saturated rings. The fourth-order valence-corrected chi connectivity index (χ4v) is 6.49. The van der Waals surface area contributed by atoms with Crippen molar-refractivity contribution in [3.63, 3.8) is 0 Å². The number of rotatable bonds is 3. The highest BCUT2D eigenvalue weighted by atomic mass is 16.3. The number of anilines is 1. The molecule has 0 bridgehead atoms. The van der Waals surface area contributed by atoms with Gasteiger partial charge in [0.15, 0.2) is 11.4 Å². The first-order valence-corrected chi connectivity index (χ1v) is 11.9. The molecule has 8 N–H and O–H groups in total. The molecule has 1 aromatic carbocycles. The van der Waals surface area contributed by atoms with E-state index in [-0.39, 0.29) is 35.6 Å². The van der Waals surface area contributed by atoms with Crippen molar-refractivity contribution in [2.75, 3.05) is 5.73 Å². The molecule has 5 rings (SSSR count). The molecule has 4 aliphatic rings. The van der Waals surface area contributed by atoms with Crippen LogP contribution in [-0.2, 0) is 20.8 Å². The number of aromatic hydroxyl groups is 1. The average molecular weight is 493 g/mol. The van der Waals surface area contributed by atoms with Gasteiger partial charge in [-0.05, 0) is 53.9 Å². The number of hydrogen-bond donors (Lipinski definition) is 6. The monoisotopic (exact) mass is 492 g/mol. The number of phenolic OH excluding ortho intramolecular Hbond substituents is 1. The van der Waals surface area contributed by atoms with Gasteiger partial charge in [-0.1, -0.05) is 32.1 Å². The summed E-state index contributed by atoms with van der Waals surface area (Å²) in [6.45, 7) is 3.45. The van der Waals surface area contributed by atoms with E-state index in [0.717, 1.165) is 12.0 Å². The topological polar surface area (TPSA) is 184 Å². The number of nitrogen functional groups attached to an aromatic ring is 1. The SMILES string of the molecule is CC(C)[C@@H]1C(=O)C(C(N)=O)=C(O)[C@@]2(O)C(=O)C3=C(O)c4c(O)c(N)cc(C5=CCC=C5)c4C[C@H]3C[C@@H]12. The number of fused-ring (bicyclic) bond motifs is 3. The van der Waals surface area contributed by atoms with Gasteiger partial charge >= 0.3 is 0 Å². The average Bonchev–Trinajstić information content (AvgIpc) is 3.33. The lowest BCUT2D eigenvalue weighted by atomic mass is 9.54. The van der Waals surface area contributed by atoms with Crippen LogP contribution in [0.5, 0.6) is 5.75 Å². The van der Waals surface area contributed by atoms with Gasteiger partial charge in [0.2, 0.25) is 5.78 Å². The van der Waals surface area contributed by atoms with Crippen LogP contribution in [0.1, 0.15) is 43.4 Å². The van der Waals surface area contributed by atoms with Gasteiger partial charge in [-0.15, -0.1) is 0 Å². The van der Waals surface area contributed by atoms with E-state index in [9.17, 15) is 34.8 Å². The van der Waals surface area contributed by atoms with Crippen molar-refractivity contribution >= 4 is 34.5 Å². The Hall–Kier alpha value is -3.85. The molecule has 0 saturated heterocycles. The highest BCUT2D eigenvalue weighted by Crippen LogP contribution is 2.55. The first kappa shape index (κ1) is 23.9. The zero-order valence-corrected chi connectivity index (χ0v) is 19.9. The van der Waals surface area contributed by atoms with E-state index in [1.165, 1.54) is 0 Å². The molecule has 1 aromatic rings. The quantitative estimate of drug-likeness (QED) is 0.211. The smallest absolute Gasteiger partial charge is 0.255 e. The van der Waals surface area contributed by atoms with Crippen molar-refractivity contribution in [3.05, 3.63) is 57.9 Å². The van der Waals surface area contributed by atoms with Gasteiger partial charge in [0.05, 0.1) is 11.3 Å². The minimum atomic E-state index is -2.62. The summed E-state index contributed by atoms with van der Waals surface area (Å²) in [7, 11) is 0. The predicted octanol–water partition coefficient (Wildman–Crippen LogP) is 2.23. The van der Waals surface area contributed by atoms with E-state index in [0.29, 0.717) is 11.1 Å². The minimum absolute atomic E-state index is 0.00117. The summed E-state index contributed by atoms with van der Waals surface area (Å²) in [5.74, 6) is -7.99. The van der Waals surface area contributed by atoms with Crippen molar-refractivity contribution in [2.45, 2.75) is 38.7 Å². The summed E-state index contributed by atoms with van der Waals surface area (Å²) in [4.78, 5) is 39.1.